The van der Waals surface area contributed by atoms with Crippen molar-refractivity contribution >= 4 is 10.8 Å². The van der Waals surface area contributed by atoms with E-state index < -0.39 is 10.8 Å². The summed E-state index contributed by atoms with van der Waals surface area (Å²) in [4.78, 5) is 0. The molecule has 1 rings (SSSR count). The molecule has 0 amide bonds. The van der Waals surface area contributed by atoms with Crippen molar-refractivity contribution in [1.82, 2.24) is 15.6 Å². The molecule has 6 heteroatoms. The van der Waals surface area contributed by atoms with Crippen LogP contribution in [-0.4, -0.2) is 33.1 Å². The average molecular weight is 217 g/mol. The molecule has 1 aromatic heterocycles. The lowest BCUT2D eigenvalue weighted by atomic mass is 10.3. The van der Waals surface area contributed by atoms with Crippen LogP contribution in [0.4, 0.5) is 0 Å². The Labute approximate surface area is 85.7 Å². The lowest BCUT2D eigenvalue weighted by Gasteiger charge is -2.00. The van der Waals surface area contributed by atoms with Crippen molar-refractivity contribution in [1.29, 1.82) is 0 Å². The summed E-state index contributed by atoms with van der Waals surface area (Å²) < 4.78 is 15.3. The average Bonchev–Trinajstić information content (AvgIpc) is 2.51. The highest BCUT2D eigenvalue weighted by Crippen LogP contribution is 1.98. The summed E-state index contributed by atoms with van der Waals surface area (Å²) in [5.74, 6) is 0.739. The standard InChI is InChI=1S/C8H15N3O2S/c1-7-8(11-13-10-7)6-9-4-3-5-14(2)12/h9H,3-6H2,1-2H3. The molecule has 1 aromatic rings. The molecule has 0 radical (unpaired) electrons. The molecule has 0 bridgehead atoms. The first-order chi connectivity index (χ1) is 6.70. The zero-order valence-corrected chi connectivity index (χ0v) is 9.26. The molecule has 0 saturated carbocycles. The van der Waals surface area contributed by atoms with Gasteiger partial charge in [-0.1, -0.05) is 10.3 Å². The summed E-state index contributed by atoms with van der Waals surface area (Å²) in [7, 11) is -0.697. The Balaban J connectivity index is 2.10. The number of aryl methyl sites for hydroxylation is 1. The second-order valence-electron chi connectivity index (χ2n) is 3.10. The molecule has 1 unspecified atom stereocenters. The van der Waals surface area contributed by atoms with Crippen LogP contribution < -0.4 is 5.32 Å². The number of aromatic nitrogens is 2. The van der Waals surface area contributed by atoms with E-state index in [0.717, 1.165) is 30.1 Å². The van der Waals surface area contributed by atoms with Crippen LogP contribution in [-0.2, 0) is 17.3 Å². The lowest BCUT2D eigenvalue weighted by Crippen LogP contribution is -2.17. The minimum absolute atomic E-state index is 0.658. The fourth-order valence-corrected chi connectivity index (χ4v) is 1.57. The fourth-order valence-electron chi connectivity index (χ4n) is 1.02. The number of hydrogen-bond acceptors (Lipinski definition) is 5. The van der Waals surface area contributed by atoms with E-state index in [-0.39, 0.29) is 0 Å². The van der Waals surface area contributed by atoms with Crippen LogP contribution in [0.5, 0.6) is 0 Å². The van der Waals surface area contributed by atoms with Gasteiger partial charge in [0, 0.05) is 29.4 Å². The molecular weight excluding hydrogens is 202 g/mol. The van der Waals surface area contributed by atoms with Crippen LogP contribution in [0.15, 0.2) is 4.63 Å². The maximum absolute atomic E-state index is 10.7. The summed E-state index contributed by atoms with van der Waals surface area (Å²) in [6.45, 7) is 3.35. The van der Waals surface area contributed by atoms with Crippen molar-refractivity contribution in [3.63, 3.8) is 0 Å². The van der Waals surface area contributed by atoms with E-state index in [0.29, 0.717) is 6.54 Å². The van der Waals surface area contributed by atoms with Crippen molar-refractivity contribution in [2.45, 2.75) is 19.9 Å². The zero-order valence-electron chi connectivity index (χ0n) is 8.45. The predicted molar refractivity (Wildman–Crippen MR) is 54.3 cm³/mol. The molecule has 0 spiro atoms. The number of nitrogens with one attached hydrogen (secondary N) is 1. The Kier molecular flexibility index (Phi) is 4.75. The van der Waals surface area contributed by atoms with Crippen LogP contribution in [0.2, 0.25) is 0 Å². The number of nitrogens with zero attached hydrogens (tertiary/aromatic N) is 2. The van der Waals surface area contributed by atoms with Gasteiger partial charge in [-0.15, -0.1) is 0 Å². The highest BCUT2D eigenvalue weighted by Gasteiger charge is 2.03. The predicted octanol–water partition coefficient (Wildman–Crippen LogP) is 0.236. The van der Waals surface area contributed by atoms with Gasteiger partial charge in [-0.2, -0.15) is 0 Å². The van der Waals surface area contributed by atoms with Gasteiger partial charge >= 0.3 is 0 Å². The van der Waals surface area contributed by atoms with Crippen LogP contribution in [0, 0.1) is 6.92 Å². The SMILES string of the molecule is Cc1nonc1CNCCCS(C)=O. The molecule has 0 aliphatic carbocycles. The van der Waals surface area contributed by atoms with Crippen molar-refractivity contribution < 1.29 is 8.84 Å². The van der Waals surface area contributed by atoms with E-state index in [9.17, 15) is 4.21 Å². The van der Waals surface area contributed by atoms with E-state index in [1.54, 1.807) is 6.26 Å². The van der Waals surface area contributed by atoms with E-state index in [2.05, 4.69) is 20.3 Å². The normalized spacial score (nSPS) is 13.0. The Bertz CT molecular complexity index is 301. The van der Waals surface area contributed by atoms with Crippen LogP contribution in [0.3, 0.4) is 0 Å². The van der Waals surface area contributed by atoms with Gasteiger partial charge in [0.15, 0.2) is 0 Å². The summed E-state index contributed by atoms with van der Waals surface area (Å²) in [6.07, 6.45) is 2.62. The lowest BCUT2D eigenvalue weighted by molar-refractivity contribution is 0.300. The zero-order chi connectivity index (χ0) is 10.4. The van der Waals surface area contributed by atoms with Crippen molar-refractivity contribution in [2.75, 3.05) is 18.6 Å². The minimum Gasteiger partial charge on any atom is -0.311 e. The third-order valence-electron chi connectivity index (χ3n) is 1.82. The smallest absolute Gasteiger partial charge is 0.121 e. The van der Waals surface area contributed by atoms with Gasteiger partial charge in [0.05, 0.1) is 0 Å². The minimum atomic E-state index is -0.697. The van der Waals surface area contributed by atoms with E-state index in [1.807, 2.05) is 6.92 Å². The molecule has 0 aliphatic rings. The van der Waals surface area contributed by atoms with Crippen LogP contribution >= 0.6 is 0 Å². The summed E-state index contributed by atoms with van der Waals surface area (Å²) in [5.41, 5.74) is 1.65. The van der Waals surface area contributed by atoms with Gasteiger partial charge in [-0.05, 0) is 19.9 Å². The molecule has 80 valence electrons. The monoisotopic (exact) mass is 217 g/mol. The first-order valence-electron chi connectivity index (χ1n) is 4.49. The second-order valence-corrected chi connectivity index (χ2v) is 4.66. The Morgan fingerprint density at radius 3 is 2.86 bits per heavy atom. The molecule has 14 heavy (non-hydrogen) atoms. The maximum Gasteiger partial charge on any atom is 0.121 e. The largest absolute Gasteiger partial charge is 0.311 e. The highest BCUT2D eigenvalue weighted by molar-refractivity contribution is 7.84. The van der Waals surface area contributed by atoms with E-state index >= 15 is 0 Å². The number of rotatable bonds is 6. The number of hydrogen-bond donors (Lipinski definition) is 1. The van der Waals surface area contributed by atoms with Gasteiger partial charge < -0.3 is 5.32 Å². The van der Waals surface area contributed by atoms with Crippen molar-refractivity contribution in [3.05, 3.63) is 11.4 Å². The van der Waals surface area contributed by atoms with Gasteiger partial charge in [-0.25, -0.2) is 4.63 Å². The third kappa shape index (κ3) is 3.97. The molecule has 0 aliphatic heterocycles. The van der Waals surface area contributed by atoms with E-state index in [4.69, 9.17) is 0 Å². The highest BCUT2D eigenvalue weighted by atomic mass is 32.2. The summed E-state index contributed by atoms with van der Waals surface area (Å²) >= 11 is 0. The molecule has 1 N–H and O–H groups in total. The Morgan fingerprint density at radius 2 is 2.29 bits per heavy atom. The fraction of sp³-hybridized carbons (Fsp3) is 0.750. The molecule has 5 nitrogen and oxygen atoms in total. The molecule has 0 aromatic carbocycles. The summed E-state index contributed by atoms with van der Waals surface area (Å²) in [6, 6.07) is 0. The van der Waals surface area contributed by atoms with Crippen LogP contribution in [0.25, 0.3) is 0 Å². The Hall–Kier alpha value is -0.750. The summed E-state index contributed by atoms with van der Waals surface area (Å²) in [5, 5.41) is 10.6. The molecule has 1 heterocycles. The van der Waals surface area contributed by atoms with Gasteiger partial charge in [0.25, 0.3) is 0 Å². The first kappa shape index (κ1) is 11.3. The topological polar surface area (TPSA) is 68.0 Å². The van der Waals surface area contributed by atoms with Crippen LogP contribution in [0.1, 0.15) is 17.8 Å². The molecule has 1 atom stereocenters. The van der Waals surface area contributed by atoms with Gasteiger partial charge in [0.2, 0.25) is 0 Å². The van der Waals surface area contributed by atoms with Gasteiger partial charge in [-0.3, -0.25) is 4.21 Å². The van der Waals surface area contributed by atoms with Crippen molar-refractivity contribution in [2.24, 2.45) is 0 Å². The second kappa shape index (κ2) is 5.87. The maximum atomic E-state index is 10.7. The van der Waals surface area contributed by atoms with Gasteiger partial charge in [0.1, 0.15) is 11.4 Å². The van der Waals surface area contributed by atoms with E-state index in [1.165, 1.54) is 0 Å². The Morgan fingerprint density at radius 1 is 1.50 bits per heavy atom. The first-order valence-corrected chi connectivity index (χ1v) is 6.21. The third-order valence-corrected chi connectivity index (χ3v) is 2.69. The van der Waals surface area contributed by atoms with Crippen molar-refractivity contribution in [3.8, 4) is 0 Å². The quantitative estimate of drug-likeness (QED) is 0.691. The molecule has 0 fully saturated rings. The molecular formula is C8H15N3O2S. The molecule has 0 saturated heterocycles.